The predicted octanol–water partition coefficient (Wildman–Crippen LogP) is 3.99. The van der Waals surface area contributed by atoms with Crippen molar-refractivity contribution in [2.75, 3.05) is 24.8 Å². The molecule has 0 saturated heterocycles. The molecule has 3 aromatic rings. The number of rotatable bonds is 10. The van der Waals surface area contributed by atoms with Gasteiger partial charge < -0.3 is 9.47 Å². The van der Waals surface area contributed by atoms with Gasteiger partial charge in [-0.25, -0.2) is 8.42 Å². The summed E-state index contributed by atoms with van der Waals surface area (Å²) in [6.45, 7) is 0.883. The molecule has 34 heavy (non-hydrogen) atoms. The van der Waals surface area contributed by atoms with Crippen LogP contribution in [0.4, 0.5) is 5.13 Å². The first-order chi connectivity index (χ1) is 16.3. The SMILES string of the molecule is CS(=O)(=O)c1nsc(NC(=O)/C(C#N)=C\c2ccc(OCCCOc3ccccc3Cl)cc2)n1. The average Bonchev–Trinajstić information content (AvgIpc) is 3.28. The van der Waals surface area contributed by atoms with Crippen molar-refractivity contribution < 1.29 is 22.7 Å². The van der Waals surface area contributed by atoms with E-state index in [0.717, 1.165) is 6.26 Å². The fourth-order valence-electron chi connectivity index (χ4n) is 2.54. The Kier molecular flexibility index (Phi) is 8.59. The predicted molar refractivity (Wildman–Crippen MR) is 129 cm³/mol. The number of benzene rings is 2. The fraction of sp³-hybridized carbons (Fsp3) is 0.182. The first-order valence-electron chi connectivity index (χ1n) is 9.83. The first-order valence-corrected chi connectivity index (χ1v) is 12.9. The third-order valence-electron chi connectivity index (χ3n) is 4.17. The molecule has 0 radical (unpaired) electrons. The van der Waals surface area contributed by atoms with Gasteiger partial charge >= 0.3 is 0 Å². The molecule has 0 fully saturated rings. The van der Waals surface area contributed by atoms with Gasteiger partial charge in [-0.1, -0.05) is 35.9 Å². The molecule has 0 aliphatic rings. The molecule has 0 aliphatic heterocycles. The Labute approximate surface area is 205 Å². The van der Waals surface area contributed by atoms with Crippen molar-refractivity contribution in [3.05, 3.63) is 64.7 Å². The molecular formula is C22H19ClN4O5S2. The van der Waals surface area contributed by atoms with Crippen LogP contribution in [0.25, 0.3) is 6.08 Å². The number of sulfone groups is 1. The molecule has 1 N–H and O–H groups in total. The fourth-order valence-corrected chi connectivity index (χ4v) is 4.17. The lowest BCUT2D eigenvalue weighted by Crippen LogP contribution is -2.13. The Morgan fingerprint density at radius 3 is 2.53 bits per heavy atom. The van der Waals surface area contributed by atoms with Crippen LogP contribution < -0.4 is 14.8 Å². The van der Waals surface area contributed by atoms with Crippen LogP contribution in [0.2, 0.25) is 5.02 Å². The van der Waals surface area contributed by atoms with Crippen molar-refractivity contribution >= 4 is 50.1 Å². The van der Waals surface area contributed by atoms with E-state index in [9.17, 15) is 18.5 Å². The van der Waals surface area contributed by atoms with Crippen molar-refractivity contribution in [1.82, 2.24) is 9.36 Å². The van der Waals surface area contributed by atoms with E-state index in [2.05, 4.69) is 14.7 Å². The lowest BCUT2D eigenvalue weighted by molar-refractivity contribution is -0.112. The highest BCUT2D eigenvalue weighted by molar-refractivity contribution is 7.90. The zero-order valence-corrected chi connectivity index (χ0v) is 20.3. The van der Waals surface area contributed by atoms with Crippen LogP contribution >= 0.6 is 23.1 Å². The van der Waals surface area contributed by atoms with Crippen LogP contribution in [0.5, 0.6) is 11.5 Å². The second kappa shape index (κ2) is 11.6. The van der Waals surface area contributed by atoms with Crippen molar-refractivity contribution in [3.63, 3.8) is 0 Å². The Morgan fingerprint density at radius 1 is 1.18 bits per heavy atom. The molecule has 3 rings (SSSR count). The van der Waals surface area contributed by atoms with Crippen molar-refractivity contribution in [3.8, 4) is 17.6 Å². The molecule has 0 unspecified atom stereocenters. The number of ether oxygens (including phenoxy) is 2. The molecule has 1 heterocycles. The molecule has 0 atom stereocenters. The summed E-state index contributed by atoms with van der Waals surface area (Å²) in [5.74, 6) is 0.525. The van der Waals surface area contributed by atoms with Crippen LogP contribution in [-0.2, 0) is 14.6 Å². The summed E-state index contributed by atoms with van der Waals surface area (Å²) in [4.78, 5) is 16.1. The minimum absolute atomic E-state index is 0.0196. The van der Waals surface area contributed by atoms with Gasteiger partial charge in [-0.2, -0.15) is 14.6 Å². The molecule has 1 aromatic heterocycles. The summed E-state index contributed by atoms with van der Waals surface area (Å²) in [5, 5.41) is 11.9. The highest BCUT2D eigenvalue weighted by atomic mass is 35.5. The van der Waals surface area contributed by atoms with Crippen molar-refractivity contribution in [1.29, 1.82) is 5.26 Å². The summed E-state index contributed by atoms with van der Waals surface area (Å²) < 4.78 is 37.8. The average molecular weight is 519 g/mol. The molecular weight excluding hydrogens is 500 g/mol. The summed E-state index contributed by atoms with van der Waals surface area (Å²) >= 11 is 6.75. The highest BCUT2D eigenvalue weighted by Crippen LogP contribution is 2.23. The topological polar surface area (TPSA) is 131 Å². The standard InChI is InChI=1S/C22H19ClN4O5S2/c1-34(29,30)22-26-21(33-27-22)25-20(28)16(14-24)13-15-7-9-17(10-8-15)31-11-4-12-32-19-6-3-2-5-18(19)23/h2-3,5-10,13H,4,11-12H2,1H3,(H,25,26,27,28)/b16-13-. The largest absolute Gasteiger partial charge is 0.493 e. The second-order valence-corrected chi connectivity index (χ2v) is 9.90. The van der Waals surface area contributed by atoms with E-state index in [0.29, 0.717) is 53.3 Å². The summed E-state index contributed by atoms with van der Waals surface area (Å²) in [6.07, 6.45) is 3.01. The number of carbonyl (C=O) groups excluding carboxylic acids is 1. The number of halogens is 1. The third kappa shape index (κ3) is 7.28. The van der Waals surface area contributed by atoms with Gasteiger partial charge in [0.15, 0.2) is 0 Å². The van der Waals surface area contributed by atoms with Crippen molar-refractivity contribution in [2.24, 2.45) is 0 Å². The first kappa shape index (κ1) is 25.2. The maximum Gasteiger partial charge on any atom is 0.268 e. The Hall–Kier alpha value is -3.46. The maximum atomic E-state index is 12.3. The van der Waals surface area contributed by atoms with E-state index in [1.54, 1.807) is 36.4 Å². The highest BCUT2D eigenvalue weighted by Gasteiger charge is 2.17. The molecule has 0 spiro atoms. The third-order valence-corrected chi connectivity index (χ3v) is 6.07. The molecule has 9 nitrogen and oxygen atoms in total. The number of aromatic nitrogens is 2. The Balaban J connectivity index is 1.51. The number of nitrogens with one attached hydrogen (secondary N) is 1. The van der Waals surface area contributed by atoms with Crippen LogP contribution in [-0.4, -0.2) is 43.2 Å². The van der Waals surface area contributed by atoms with Crippen LogP contribution in [0.15, 0.2) is 59.3 Å². The second-order valence-electron chi connectivity index (χ2n) is 6.83. The van der Waals surface area contributed by atoms with Gasteiger partial charge in [0.1, 0.15) is 23.1 Å². The van der Waals surface area contributed by atoms with E-state index < -0.39 is 15.7 Å². The summed E-state index contributed by atoms with van der Waals surface area (Å²) in [6, 6.07) is 15.9. The number of nitrogens with zero attached hydrogens (tertiary/aromatic N) is 3. The molecule has 0 aliphatic carbocycles. The van der Waals surface area contributed by atoms with Crippen LogP contribution in [0.1, 0.15) is 12.0 Å². The number of hydrogen-bond donors (Lipinski definition) is 1. The van der Waals surface area contributed by atoms with Gasteiger partial charge in [0.05, 0.1) is 18.2 Å². The zero-order chi connectivity index (χ0) is 24.6. The molecule has 176 valence electrons. The normalized spacial score (nSPS) is 11.5. The number of anilines is 1. The van der Waals surface area contributed by atoms with E-state index in [1.165, 1.54) is 6.08 Å². The summed E-state index contributed by atoms with van der Waals surface area (Å²) in [7, 11) is -3.59. The van der Waals surface area contributed by atoms with Crippen LogP contribution in [0, 0.1) is 11.3 Å². The van der Waals surface area contributed by atoms with E-state index in [1.807, 2.05) is 18.2 Å². The van der Waals surface area contributed by atoms with Gasteiger partial charge in [0.2, 0.25) is 15.0 Å². The minimum atomic E-state index is -3.59. The number of hydrogen-bond acceptors (Lipinski definition) is 9. The van der Waals surface area contributed by atoms with Gasteiger partial charge in [-0.3, -0.25) is 10.1 Å². The minimum Gasteiger partial charge on any atom is -0.493 e. The van der Waals surface area contributed by atoms with Gasteiger partial charge in [0.25, 0.3) is 11.1 Å². The van der Waals surface area contributed by atoms with E-state index >= 15 is 0 Å². The van der Waals surface area contributed by atoms with E-state index in [-0.39, 0.29) is 15.9 Å². The zero-order valence-electron chi connectivity index (χ0n) is 17.9. The lowest BCUT2D eigenvalue weighted by Gasteiger charge is -2.09. The molecule has 0 saturated carbocycles. The van der Waals surface area contributed by atoms with Crippen molar-refractivity contribution in [2.45, 2.75) is 11.6 Å². The Morgan fingerprint density at radius 2 is 1.88 bits per heavy atom. The monoisotopic (exact) mass is 518 g/mol. The molecule has 1 amide bonds. The molecule has 2 aromatic carbocycles. The number of para-hydroxylation sites is 1. The maximum absolute atomic E-state index is 12.3. The van der Waals surface area contributed by atoms with Gasteiger partial charge in [0, 0.05) is 24.2 Å². The van der Waals surface area contributed by atoms with Gasteiger partial charge in [-0.15, -0.1) is 0 Å². The van der Waals surface area contributed by atoms with E-state index in [4.69, 9.17) is 21.1 Å². The van der Waals surface area contributed by atoms with Gasteiger partial charge in [-0.05, 0) is 35.9 Å². The molecule has 12 heteroatoms. The Bertz CT molecular complexity index is 1330. The smallest absolute Gasteiger partial charge is 0.268 e. The molecule has 0 bridgehead atoms. The number of amides is 1. The quantitative estimate of drug-likeness (QED) is 0.242. The number of nitriles is 1. The number of carbonyl (C=O) groups is 1. The summed E-state index contributed by atoms with van der Waals surface area (Å²) in [5.41, 5.74) is 0.427. The lowest BCUT2D eigenvalue weighted by atomic mass is 10.1. The van der Waals surface area contributed by atoms with Crippen LogP contribution in [0.3, 0.4) is 0 Å².